The zero-order valence-corrected chi connectivity index (χ0v) is 9.92. The molecule has 2 N–H and O–H groups in total. The lowest BCUT2D eigenvalue weighted by molar-refractivity contribution is 0.312. The third-order valence-corrected chi connectivity index (χ3v) is 3.34. The number of phenolic OH excluding ortho intramolecular Hbond substituents is 1. The molecule has 0 spiro atoms. The highest BCUT2D eigenvalue weighted by atomic mass is 32.2. The first-order valence-corrected chi connectivity index (χ1v) is 6.88. The van der Waals surface area contributed by atoms with E-state index < -0.39 is 10.8 Å². The molecule has 1 aromatic rings. The van der Waals surface area contributed by atoms with E-state index in [4.69, 9.17) is 4.74 Å². The average molecular weight is 241 g/mol. The van der Waals surface area contributed by atoms with E-state index in [-0.39, 0.29) is 11.8 Å². The molecule has 2 unspecified atom stereocenters. The second-order valence-corrected chi connectivity index (χ2v) is 5.37. The molecule has 16 heavy (non-hydrogen) atoms. The lowest BCUT2D eigenvalue weighted by atomic mass is 10.1. The monoisotopic (exact) mass is 241 g/mol. The summed E-state index contributed by atoms with van der Waals surface area (Å²) in [4.78, 5) is 0. The molecule has 0 amide bonds. The number of hydrogen-bond donors (Lipinski definition) is 2. The molecule has 1 aliphatic rings. The number of rotatable bonds is 4. The van der Waals surface area contributed by atoms with E-state index in [1.165, 1.54) is 0 Å². The molecular weight excluding hydrogens is 226 g/mol. The second-order valence-electron chi connectivity index (χ2n) is 3.82. The summed E-state index contributed by atoms with van der Waals surface area (Å²) >= 11 is 0. The van der Waals surface area contributed by atoms with Gasteiger partial charge >= 0.3 is 0 Å². The van der Waals surface area contributed by atoms with Crippen molar-refractivity contribution < 1.29 is 14.1 Å². The van der Waals surface area contributed by atoms with Gasteiger partial charge in [0.15, 0.2) is 0 Å². The Balaban J connectivity index is 1.98. The smallest absolute Gasteiger partial charge is 0.127 e. The molecule has 0 aliphatic carbocycles. The number of nitrogens with one attached hydrogen (secondary N) is 1. The Kier molecular flexibility index (Phi) is 3.46. The van der Waals surface area contributed by atoms with E-state index in [1.807, 2.05) is 6.07 Å². The predicted molar refractivity (Wildman–Crippen MR) is 63.3 cm³/mol. The fraction of sp³-hybridized carbons (Fsp3) is 0.455. The van der Waals surface area contributed by atoms with E-state index in [0.29, 0.717) is 18.9 Å². The molecule has 88 valence electrons. The summed E-state index contributed by atoms with van der Waals surface area (Å²) in [6.07, 6.45) is 1.69. The van der Waals surface area contributed by atoms with Crippen molar-refractivity contribution in [3.63, 3.8) is 0 Å². The van der Waals surface area contributed by atoms with Gasteiger partial charge in [-0.25, -0.2) is 0 Å². The Hall–Kier alpha value is -1.07. The third-order valence-electron chi connectivity index (χ3n) is 2.56. The molecule has 0 bridgehead atoms. The van der Waals surface area contributed by atoms with Gasteiger partial charge in [0.05, 0.1) is 6.04 Å². The Morgan fingerprint density at radius 3 is 3.19 bits per heavy atom. The fourth-order valence-electron chi connectivity index (χ4n) is 1.74. The van der Waals surface area contributed by atoms with Gasteiger partial charge in [0, 0.05) is 41.0 Å². The van der Waals surface area contributed by atoms with Gasteiger partial charge in [-0.1, -0.05) is 0 Å². The van der Waals surface area contributed by atoms with Crippen LogP contribution in [0.25, 0.3) is 0 Å². The minimum Gasteiger partial charge on any atom is -0.508 e. The van der Waals surface area contributed by atoms with Crippen molar-refractivity contribution in [3.05, 3.63) is 23.8 Å². The van der Waals surface area contributed by atoms with Crippen LogP contribution in [0.5, 0.6) is 11.5 Å². The van der Waals surface area contributed by atoms with E-state index in [0.717, 1.165) is 11.3 Å². The molecule has 0 saturated heterocycles. The Labute approximate surface area is 97.1 Å². The Bertz CT molecular complexity index is 408. The van der Waals surface area contributed by atoms with Gasteiger partial charge in [0.25, 0.3) is 0 Å². The number of hydrogen-bond acceptors (Lipinski definition) is 4. The van der Waals surface area contributed by atoms with Gasteiger partial charge in [-0.05, 0) is 12.1 Å². The maximum Gasteiger partial charge on any atom is 0.127 e. The van der Waals surface area contributed by atoms with E-state index in [1.54, 1.807) is 18.4 Å². The summed E-state index contributed by atoms with van der Waals surface area (Å²) in [5.41, 5.74) is 1.06. The van der Waals surface area contributed by atoms with Crippen LogP contribution < -0.4 is 10.1 Å². The summed E-state index contributed by atoms with van der Waals surface area (Å²) in [5.74, 6) is 1.59. The predicted octanol–water partition coefficient (Wildman–Crippen LogP) is 0.794. The molecule has 2 atom stereocenters. The summed E-state index contributed by atoms with van der Waals surface area (Å²) < 4.78 is 16.4. The van der Waals surface area contributed by atoms with Crippen LogP contribution in [-0.2, 0) is 10.8 Å². The summed E-state index contributed by atoms with van der Waals surface area (Å²) in [6.45, 7) is 1.27. The standard InChI is InChI=1S/C11H15NO3S/c1-16(14)5-4-12-10-7-15-11-6-8(13)2-3-9(10)11/h2-3,6,10,12-13H,4-5,7H2,1H3. The molecule has 0 fully saturated rings. The third kappa shape index (κ3) is 2.54. The van der Waals surface area contributed by atoms with Gasteiger partial charge in [-0.15, -0.1) is 0 Å². The molecular formula is C11H15NO3S. The molecule has 0 radical (unpaired) electrons. The van der Waals surface area contributed by atoms with Crippen LogP contribution in [0.15, 0.2) is 18.2 Å². The first-order chi connectivity index (χ1) is 7.66. The number of aromatic hydroxyl groups is 1. The van der Waals surface area contributed by atoms with Crippen molar-refractivity contribution in [1.82, 2.24) is 5.32 Å². The number of fused-ring (bicyclic) bond motifs is 1. The molecule has 1 aromatic carbocycles. The van der Waals surface area contributed by atoms with Crippen molar-refractivity contribution in [1.29, 1.82) is 0 Å². The highest BCUT2D eigenvalue weighted by Gasteiger charge is 2.23. The zero-order chi connectivity index (χ0) is 11.5. The van der Waals surface area contributed by atoms with Crippen LogP contribution in [0.3, 0.4) is 0 Å². The average Bonchev–Trinajstić information content (AvgIpc) is 2.60. The maximum absolute atomic E-state index is 10.9. The highest BCUT2D eigenvalue weighted by Crippen LogP contribution is 2.34. The topological polar surface area (TPSA) is 58.6 Å². The van der Waals surface area contributed by atoms with E-state index in [2.05, 4.69) is 5.32 Å². The van der Waals surface area contributed by atoms with Gasteiger partial charge in [-0.2, -0.15) is 0 Å². The molecule has 4 nitrogen and oxygen atoms in total. The van der Waals surface area contributed by atoms with Crippen LogP contribution in [0.4, 0.5) is 0 Å². The highest BCUT2D eigenvalue weighted by molar-refractivity contribution is 7.84. The zero-order valence-electron chi connectivity index (χ0n) is 9.10. The van der Waals surface area contributed by atoms with Gasteiger partial charge < -0.3 is 15.2 Å². The van der Waals surface area contributed by atoms with Gasteiger partial charge in [0.1, 0.15) is 18.1 Å². The van der Waals surface area contributed by atoms with Crippen LogP contribution >= 0.6 is 0 Å². The lowest BCUT2D eigenvalue weighted by Gasteiger charge is -2.10. The van der Waals surface area contributed by atoms with Crippen LogP contribution in [0, 0.1) is 0 Å². The van der Waals surface area contributed by atoms with Crippen LogP contribution in [0.2, 0.25) is 0 Å². The minimum absolute atomic E-state index is 0.138. The molecule has 5 heteroatoms. The first-order valence-electron chi connectivity index (χ1n) is 5.16. The number of benzene rings is 1. The quantitative estimate of drug-likeness (QED) is 0.818. The number of ether oxygens (including phenoxy) is 1. The van der Waals surface area contributed by atoms with Crippen molar-refractivity contribution in [2.45, 2.75) is 6.04 Å². The first kappa shape index (κ1) is 11.4. The van der Waals surface area contributed by atoms with Gasteiger partial charge in [-0.3, -0.25) is 4.21 Å². The Morgan fingerprint density at radius 2 is 2.44 bits per heavy atom. The van der Waals surface area contributed by atoms with Crippen LogP contribution in [-0.4, -0.2) is 34.5 Å². The minimum atomic E-state index is -0.770. The van der Waals surface area contributed by atoms with E-state index >= 15 is 0 Å². The molecule has 0 saturated carbocycles. The van der Waals surface area contributed by atoms with Gasteiger partial charge in [0.2, 0.25) is 0 Å². The molecule has 0 aromatic heterocycles. The van der Waals surface area contributed by atoms with Crippen molar-refractivity contribution >= 4 is 10.8 Å². The SMILES string of the molecule is CS(=O)CCNC1COc2cc(O)ccc21. The largest absolute Gasteiger partial charge is 0.508 e. The summed E-state index contributed by atoms with van der Waals surface area (Å²) in [6, 6.07) is 5.27. The van der Waals surface area contributed by atoms with E-state index in [9.17, 15) is 9.32 Å². The maximum atomic E-state index is 10.9. The lowest BCUT2D eigenvalue weighted by Crippen LogP contribution is -2.26. The number of phenols is 1. The van der Waals surface area contributed by atoms with Crippen LogP contribution in [0.1, 0.15) is 11.6 Å². The second kappa shape index (κ2) is 4.84. The Morgan fingerprint density at radius 1 is 1.62 bits per heavy atom. The van der Waals surface area contributed by atoms with Crippen molar-refractivity contribution in [3.8, 4) is 11.5 Å². The summed E-state index contributed by atoms with van der Waals surface area (Å²) in [5, 5.41) is 12.6. The summed E-state index contributed by atoms with van der Waals surface area (Å²) in [7, 11) is -0.770. The normalized spacial score (nSPS) is 20.2. The molecule has 1 heterocycles. The van der Waals surface area contributed by atoms with Crippen molar-refractivity contribution in [2.24, 2.45) is 0 Å². The molecule has 1 aliphatic heterocycles. The van der Waals surface area contributed by atoms with Crippen molar-refractivity contribution in [2.75, 3.05) is 25.2 Å². The fourth-order valence-corrected chi connectivity index (χ4v) is 2.15. The molecule has 2 rings (SSSR count).